The van der Waals surface area contributed by atoms with Crippen LogP contribution in [0.2, 0.25) is 0 Å². The van der Waals surface area contributed by atoms with Gasteiger partial charge in [-0.05, 0) is 60.0 Å². The number of benzene rings is 1. The maximum absolute atomic E-state index is 12.9. The number of hydrogen-bond donors (Lipinski definition) is 1. The predicted octanol–water partition coefficient (Wildman–Crippen LogP) is 3.41. The molecule has 1 aromatic carbocycles. The van der Waals surface area contributed by atoms with Crippen LogP contribution in [0.4, 0.5) is 4.39 Å². The lowest BCUT2D eigenvalue weighted by Gasteiger charge is -2.01. The van der Waals surface area contributed by atoms with Gasteiger partial charge in [0.05, 0.1) is 6.54 Å². The quantitative estimate of drug-likeness (QED) is 0.872. The Morgan fingerprint density at radius 2 is 2.12 bits per heavy atom. The van der Waals surface area contributed by atoms with Crippen molar-refractivity contribution in [3.63, 3.8) is 0 Å². The van der Waals surface area contributed by atoms with E-state index in [-0.39, 0.29) is 5.82 Å². The van der Waals surface area contributed by atoms with Crippen molar-refractivity contribution in [2.75, 3.05) is 7.05 Å². The number of hydrogen-bond acceptors (Lipinski definition) is 2. The van der Waals surface area contributed by atoms with Crippen LogP contribution in [0.5, 0.6) is 0 Å². The first-order valence-corrected chi connectivity index (χ1v) is 5.97. The maximum Gasteiger partial charge on any atom is 0.135 e. The molecule has 0 aliphatic heterocycles. The molecule has 0 unspecified atom stereocenters. The van der Waals surface area contributed by atoms with Gasteiger partial charge in [0.2, 0.25) is 0 Å². The smallest absolute Gasteiger partial charge is 0.135 e. The Hall–Kier alpha value is -0.880. The largest absolute Gasteiger partial charge is 0.460 e. The van der Waals surface area contributed by atoms with E-state index in [4.69, 9.17) is 4.42 Å². The highest BCUT2D eigenvalue weighted by molar-refractivity contribution is 14.1. The molecule has 84 valence electrons. The van der Waals surface area contributed by atoms with E-state index in [1.807, 2.05) is 19.2 Å². The number of halogens is 2. The van der Waals surface area contributed by atoms with Gasteiger partial charge in [-0.1, -0.05) is 0 Å². The molecule has 0 saturated heterocycles. The zero-order valence-electron chi connectivity index (χ0n) is 8.76. The first-order valence-electron chi connectivity index (χ1n) is 4.89. The predicted molar refractivity (Wildman–Crippen MR) is 69.6 cm³/mol. The minimum absolute atomic E-state index is 0.227. The normalized spacial score (nSPS) is 10.7. The SMILES string of the molecule is CNCc1ccc(-c2ccc(F)cc2I)o1. The highest BCUT2D eigenvalue weighted by atomic mass is 127. The first-order chi connectivity index (χ1) is 7.70. The summed E-state index contributed by atoms with van der Waals surface area (Å²) in [6.07, 6.45) is 0. The third-order valence-electron chi connectivity index (χ3n) is 2.21. The Balaban J connectivity index is 2.35. The Kier molecular flexibility index (Phi) is 3.60. The number of nitrogens with one attached hydrogen (secondary N) is 1. The molecule has 1 heterocycles. The molecule has 4 heteroatoms. The van der Waals surface area contributed by atoms with Crippen LogP contribution in [0.15, 0.2) is 34.7 Å². The van der Waals surface area contributed by atoms with Crippen molar-refractivity contribution in [2.24, 2.45) is 0 Å². The van der Waals surface area contributed by atoms with E-state index in [2.05, 4.69) is 27.9 Å². The summed E-state index contributed by atoms with van der Waals surface area (Å²) in [6, 6.07) is 8.50. The van der Waals surface area contributed by atoms with E-state index in [0.717, 1.165) is 20.7 Å². The molecule has 0 bridgehead atoms. The van der Waals surface area contributed by atoms with Crippen LogP contribution < -0.4 is 5.32 Å². The molecule has 2 rings (SSSR count). The monoisotopic (exact) mass is 331 g/mol. The van der Waals surface area contributed by atoms with Crippen LogP contribution in [-0.2, 0) is 6.54 Å². The second-order valence-corrected chi connectivity index (χ2v) is 4.58. The molecule has 0 radical (unpaired) electrons. The summed E-state index contributed by atoms with van der Waals surface area (Å²) in [5, 5.41) is 3.02. The summed E-state index contributed by atoms with van der Waals surface area (Å²) in [6.45, 7) is 0.692. The van der Waals surface area contributed by atoms with Crippen LogP contribution in [0.25, 0.3) is 11.3 Å². The fourth-order valence-electron chi connectivity index (χ4n) is 1.48. The molecule has 0 atom stereocenters. The van der Waals surface area contributed by atoms with Gasteiger partial charge in [-0.3, -0.25) is 0 Å². The standard InChI is InChI=1S/C12H11FINO/c1-15-7-9-3-5-12(16-9)10-4-2-8(13)6-11(10)14/h2-6,15H,7H2,1H3. The van der Waals surface area contributed by atoms with E-state index in [0.29, 0.717) is 6.54 Å². The highest BCUT2D eigenvalue weighted by Crippen LogP contribution is 2.27. The molecular weight excluding hydrogens is 320 g/mol. The average Bonchev–Trinajstić information content (AvgIpc) is 2.67. The first kappa shape index (κ1) is 11.6. The summed E-state index contributed by atoms with van der Waals surface area (Å²) in [4.78, 5) is 0. The van der Waals surface area contributed by atoms with Crippen molar-refractivity contribution in [1.82, 2.24) is 5.32 Å². The van der Waals surface area contributed by atoms with Gasteiger partial charge in [0.25, 0.3) is 0 Å². The van der Waals surface area contributed by atoms with Gasteiger partial charge in [0, 0.05) is 9.13 Å². The Morgan fingerprint density at radius 3 is 2.81 bits per heavy atom. The minimum atomic E-state index is -0.227. The molecule has 2 nitrogen and oxygen atoms in total. The van der Waals surface area contributed by atoms with Crippen LogP contribution in [0.1, 0.15) is 5.76 Å². The minimum Gasteiger partial charge on any atom is -0.460 e. The topological polar surface area (TPSA) is 25.2 Å². The van der Waals surface area contributed by atoms with Gasteiger partial charge in [-0.25, -0.2) is 4.39 Å². The molecule has 0 fully saturated rings. The van der Waals surface area contributed by atoms with Crippen molar-refractivity contribution in [1.29, 1.82) is 0 Å². The maximum atomic E-state index is 12.9. The zero-order chi connectivity index (χ0) is 11.5. The molecular formula is C12H11FINO. The lowest BCUT2D eigenvalue weighted by Crippen LogP contribution is -2.03. The van der Waals surface area contributed by atoms with Crippen LogP contribution in [0, 0.1) is 9.39 Å². The van der Waals surface area contributed by atoms with E-state index >= 15 is 0 Å². The summed E-state index contributed by atoms with van der Waals surface area (Å²) in [5.74, 6) is 1.42. The van der Waals surface area contributed by atoms with Gasteiger partial charge in [-0.2, -0.15) is 0 Å². The fourth-order valence-corrected chi connectivity index (χ4v) is 2.22. The lowest BCUT2D eigenvalue weighted by molar-refractivity contribution is 0.507. The van der Waals surface area contributed by atoms with Crippen LogP contribution in [-0.4, -0.2) is 7.05 Å². The fraction of sp³-hybridized carbons (Fsp3) is 0.167. The molecule has 16 heavy (non-hydrogen) atoms. The van der Waals surface area contributed by atoms with Crippen molar-refractivity contribution in [3.8, 4) is 11.3 Å². The second-order valence-electron chi connectivity index (χ2n) is 3.42. The van der Waals surface area contributed by atoms with Gasteiger partial charge in [-0.15, -0.1) is 0 Å². The number of rotatable bonds is 3. The highest BCUT2D eigenvalue weighted by Gasteiger charge is 2.08. The van der Waals surface area contributed by atoms with Crippen molar-refractivity contribution in [2.45, 2.75) is 6.54 Å². The molecule has 2 aromatic rings. The van der Waals surface area contributed by atoms with Gasteiger partial charge >= 0.3 is 0 Å². The van der Waals surface area contributed by atoms with Gasteiger partial charge in [0.1, 0.15) is 17.3 Å². The molecule has 1 N–H and O–H groups in total. The van der Waals surface area contributed by atoms with Crippen molar-refractivity contribution < 1.29 is 8.81 Å². The van der Waals surface area contributed by atoms with Crippen molar-refractivity contribution >= 4 is 22.6 Å². The van der Waals surface area contributed by atoms with Gasteiger partial charge in [0.15, 0.2) is 0 Å². The summed E-state index contributed by atoms with van der Waals surface area (Å²) in [5.41, 5.74) is 0.921. The molecule has 0 aliphatic carbocycles. The zero-order valence-corrected chi connectivity index (χ0v) is 10.9. The summed E-state index contributed by atoms with van der Waals surface area (Å²) >= 11 is 2.10. The average molecular weight is 331 g/mol. The second kappa shape index (κ2) is 4.97. The molecule has 0 amide bonds. The van der Waals surface area contributed by atoms with Crippen LogP contribution >= 0.6 is 22.6 Å². The number of furan rings is 1. The summed E-state index contributed by atoms with van der Waals surface area (Å²) < 4.78 is 19.4. The Bertz CT molecular complexity index is 496. The lowest BCUT2D eigenvalue weighted by atomic mass is 10.2. The third-order valence-corrected chi connectivity index (χ3v) is 3.10. The van der Waals surface area contributed by atoms with Crippen molar-refractivity contribution in [3.05, 3.63) is 45.5 Å². The molecule has 0 saturated carbocycles. The molecule has 0 aliphatic rings. The van der Waals surface area contributed by atoms with E-state index in [1.54, 1.807) is 6.07 Å². The third kappa shape index (κ3) is 2.44. The summed E-state index contributed by atoms with van der Waals surface area (Å²) in [7, 11) is 1.86. The molecule has 0 spiro atoms. The Morgan fingerprint density at radius 1 is 1.31 bits per heavy atom. The van der Waals surface area contributed by atoms with Crippen LogP contribution in [0.3, 0.4) is 0 Å². The van der Waals surface area contributed by atoms with E-state index < -0.39 is 0 Å². The Labute approximate surface area is 107 Å². The molecule has 1 aromatic heterocycles. The van der Waals surface area contributed by atoms with E-state index in [1.165, 1.54) is 12.1 Å². The van der Waals surface area contributed by atoms with E-state index in [9.17, 15) is 4.39 Å². The van der Waals surface area contributed by atoms with Gasteiger partial charge < -0.3 is 9.73 Å².